The van der Waals surface area contributed by atoms with Crippen LogP contribution in [0.2, 0.25) is 5.02 Å². The highest BCUT2D eigenvalue weighted by atomic mass is 35.5. The standard InChI is InChI=1S/C27H33ClF3N3O/c28-22-9-10-24(25(19-22)27(29,30)31)20-5-7-21(8-6-20)26(35)32-13-4-14-33-17-11-23(12-18-33)34-15-2-1-3-16-34/h5-10,19,23H,1-4,11-18H2,(H,32,35). The van der Waals surface area contributed by atoms with E-state index in [9.17, 15) is 18.0 Å². The van der Waals surface area contributed by atoms with Gasteiger partial charge in [0.15, 0.2) is 0 Å². The number of halogens is 4. The summed E-state index contributed by atoms with van der Waals surface area (Å²) in [6.45, 7) is 6.26. The predicted octanol–water partition coefficient (Wildman–Crippen LogP) is 6.10. The van der Waals surface area contributed by atoms with Crippen molar-refractivity contribution in [3.63, 3.8) is 0 Å². The van der Waals surface area contributed by atoms with E-state index in [0.29, 0.717) is 17.7 Å². The molecule has 2 aromatic carbocycles. The van der Waals surface area contributed by atoms with Gasteiger partial charge in [-0.05, 0) is 100 Å². The summed E-state index contributed by atoms with van der Waals surface area (Å²) >= 11 is 5.77. The van der Waals surface area contributed by atoms with Gasteiger partial charge in [-0.2, -0.15) is 13.2 Å². The molecule has 35 heavy (non-hydrogen) atoms. The predicted molar refractivity (Wildman–Crippen MR) is 134 cm³/mol. The molecule has 190 valence electrons. The van der Waals surface area contributed by atoms with Crippen LogP contribution in [0.1, 0.15) is 54.4 Å². The van der Waals surface area contributed by atoms with Crippen molar-refractivity contribution in [1.29, 1.82) is 0 Å². The monoisotopic (exact) mass is 507 g/mol. The second-order valence-electron chi connectivity index (χ2n) is 9.54. The Morgan fingerprint density at radius 3 is 2.31 bits per heavy atom. The number of hydrogen-bond donors (Lipinski definition) is 1. The molecular formula is C27H33ClF3N3O. The van der Waals surface area contributed by atoms with E-state index in [1.165, 1.54) is 57.3 Å². The molecule has 2 saturated heterocycles. The SMILES string of the molecule is O=C(NCCCN1CCC(N2CCCCC2)CC1)c1ccc(-c2ccc(Cl)cc2C(F)(F)F)cc1. The maximum absolute atomic E-state index is 13.4. The Morgan fingerprint density at radius 1 is 0.971 bits per heavy atom. The van der Waals surface area contributed by atoms with E-state index in [0.717, 1.165) is 38.2 Å². The average Bonchev–Trinajstić information content (AvgIpc) is 2.87. The first kappa shape index (κ1) is 26.0. The summed E-state index contributed by atoms with van der Waals surface area (Å²) in [7, 11) is 0. The maximum Gasteiger partial charge on any atom is 0.417 e. The van der Waals surface area contributed by atoms with Crippen molar-refractivity contribution >= 4 is 17.5 Å². The van der Waals surface area contributed by atoms with Crippen LogP contribution in [-0.4, -0.2) is 61.0 Å². The number of amides is 1. The summed E-state index contributed by atoms with van der Waals surface area (Å²) in [6, 6.07) is 10.6. The molecule has 0 bridgehead atoms. The van der Waals surface area contributed by atoms with Crippen molar-refractivity contribution in [2.45, 2.75) is 50.7 Å². The third-order valence-corrected chi connectivity index (χ3v) is 7.38. The maximum atomic E-state index is 13.4. The van der Waals surface area contributed by atoms with Gasteiger partial charge in [-0.25, -0.2) is 0 Å². The van der Waals surface area contributed by atoms with Crippen LogP contribution in [0.3, 0.4) is 0 Å². The number of alkyl halides is 3. The molecule has 2 fully saturated rings. The largest absolute Gasteiger partial charge is 0.417 e. The second-order valence-corrected chi connectivity index (χ2v) is 9.98. The normalized spacial score (nSPS) is 18.5. The van der Waals surface area contributed by atoms with E-state index in [2.05, 4.69) is 15.1 Å². The quantitative estimate of drug-likeness (QED) is 0.460. The lowest BCUT2D eigenvalue weighted by Gasteiger charge is -2.40. The minimum Gasteiger partial charge on any atom is -0.352 e. The van der Waals surface area contributed by atoms with E-state index >= 15 is 0 Å². The summed E-state index contributed by atoms with van der Waals surface area (Å²) in [5.74, 6) is -0.215. The molecule has 0 atom stereocenters. The Hall–Kier alpha value is -2.09. The molecule has 1 amide bonds. The van der Waals surface area contributed by atoms with Gasteiger partial charge in [0.1, 0.15) is 0 Å². The van der Waals surface area contributed by atoms with Crippen LogP contribution in [0.5, 0.6) is 0 Å². The molecule has 2 heterocycles. The molecule has 2 aliphatic rings. The molecule has 0 saturated carbocycles. The highest BCUT2D eigenvalue weighted by Crippen LogP contribution is 2.38. The van der Waals surface area contributed by atoms with Crippen molar-refractivity contribution in [3.8, 4) is 11.1 Å². The number of carbonyl (C=O) groups excluding carboxylic acids is 1. The van der Waals surface area contributed by atoms with Crippen LogP contribution in [0, 0.1) is 0 Å². The van der Waals surface area contributed by atoms with Gasteiger partial charge in [0, 0.05) is 23.2 Å². The number of piperidine rings is 2. The van der Waals surface area contributed by atoms with Gasteiger partial charge < -0.3 is 15.1 Å². The fourth-order valence-electron chi connectivity index (χ4n) is 5.20. The smallest absolute Gasteiger partial charge is 0.352 e. The van der Waals surface area contributed by atoms with Crippen LogP contribution >= 0.6 is 11.6 Å². The molecule has 0 spiro atoms. The molecule has 1 N–H and O–H groups in total. The molecule has 0 unspecified atom stereocenters. The number of rotatable bonds is 7. The topological polar surface area (TPSA) is 35.6 Å². The average molecular weight is 508 g/mol. The number of benzene rings is 2. The fourth-order valence-corrected chi connectivity index (χ4v) is 5.37. The zero-order chi connectivity index (χ0) is 24.8. The molecule has 4 rings (SSSR count). The summed E-state index contributed by atoms with van der Waals surface area (Å²) in [5, 5.41) is 2.96. The van der Waals surface area contributed by atoms with Gasteiger partial charge in [-0.1, -0.05) is 36.2 Å². The molecule has 4 nitrogen and oxygen atoms in total. The van der Waals surface area contributed by atoms with Gasteiger partial charge in [0.25, 0.3) is 5.91 Å². The lowest BCUT2D eigenvalue weighted by atomic mass is 9.98. The molecule has 0 aromatic heterocycles. The second kappa shape index (κ2) is 11.8. The Labute approximate surface area is 210 Å². The fraction of sp³-hybridized carbons (Fsp3) is 0.519. The van der Waals surface area contributed by atoms with Crippen molar-refractivity contribution < 1.29 is 18.0 Å². The van der Waals surface area contributed by atoms with Crippen LogP contribution in [0.25, 0.3) is 11.1 Å². The molecule has 0 aliphatic carbocycles. The summed E-state index contributed by atoms with van der Waals surface area (Å²) in [6.07, 6.45) is 2.84. The first-order valence-corrected chi connectivity index (χ1v) is 12.9. The molecular weight excluding hydrogens is 475 g/mol. The van der Waals surface area contributed by atoms with Gasteiger partial charge in [0.2, 0.25) is 0 Å². The summed E-state index contributed by atoms with van der Waals surface area (Å²) in [5.41, 5.74) is 0.0668. The van der Waals surface area contributed by atoms with E-state index in [1.54, 1.807) is 24.3 Å². The van der Waals surface area contributed by atoms with Crippen LogP contribution in [0.15, 0.2) is 42.5 Å². The van der Waals surface area contributed by atoms with Crippen molar-refractivity contribution in [2.24, 2.45) is 0 Å². The van der Waals surface area contributed by atoms with Crippen molar-refractivity contribution in [1.82, 2.24) is 15.1 Å². The lowest BCUT2D eigenvalue weighted by Crippen LogP contribution is -2.47. The number of likely N-dealkylation sites (tertiary alicyclic amines) is 2. The summed E-state index contributed by atoms with van der Waals surface area (Å²) in [4.78, 5) is 17.7. The van der Waals surface area contributed by atoms with Crippen molar-refractivity contribution in [3.05, 3.63) is 58.6 Å². The Morgan fingerprint density at radius 2 is 1.66 bits per heavy atom. The molecule has 0 radical (unpaired) electrons. The molecule has 2 aliphatic heterocycles. The van der Waals surface area contributed by atoms with Crippen LogP contribution in [0.4, 0.5) is 13.2 Å². The van der Waals surface area contributed by atoms with E-state index < -0.39 is 11.7 Å². The number of nitrogens with zero attached hydrogens (tertiary/aromatic N) is 2. The van der Waals surface area contributed by atoms with Crippen LogP contribution < -0.4 is 5.32 Å². The van der Waals surface area contributed by atoms with Gasteiger partial charge in [-0.15, -0.1) is 0 Å². The minimum atomic E-state index is -4.51. The highest BCUT2D eigenvalue weighted by molar-refractivity contribution is 6.30. The number of hydrogen-bond acceptors (Lipinski definition) is 3. The Bertz CT molecular complexity index is 982. The molecule has 2 aromatic rings. The first-order chi connectivity index (χ1) is 16.8. The molecule has 8 heteroatoms. The minimum absolute atomic E-state index is 0.0310. The number of nitrogens with one attached hydrogen (secondary N) is 1. The van der Waals surface area contributed by atoms with Gasteiger partial charge in [0.05, 0.1) is 5.56 Å². The zero-order valence-electron chi connectivity index (χ0n) is 19.9. The van der Waals surface area contributed by atoms with E-state index in [1.807, 2.05) is 0 Å². The Balaban J connectivity index is 1.22. The van der Waals surface area contributed by atoms with Gasteiger partial charge >= 0.3 is 6.18 Å². The van der Waals surface area contributed by atoms with E-state index in [4.69, 9.17) is 11.6 Å². The highest BCUT2D eigenvalue weighted by Gasteiger charge is 2.34. The first-order valence-electron chi connectivity index (χ1n) is 12.5. The lowest BCUT2D eigenvalue weighted by molar-refractivity contribution is -0.137. The van der Waals surface area contributed by atoms with E-state index in [-0.39, 0.29) is 16.5 Å². The third-order valence-electron chi connectivity index (χ3n) is 7.15. The zero-order valence-corrected chi connectivity index (χ0v) is 20.7. The number of carbonyl (C=O) groups is 1. The van der Waals surface area contributed by atoms with Crippen LogP contribution in [-0.2, 0) is 6.18 Å². The Kier molecular flexibility index (Phi) is 8.73. The third kappa shape index (κ3) is 6.99. The van der Waals surface area contributed by atoms with Gasteiger partial charge in [-0.3, -0.25) is 4.79 Å². The van der Waals surface area contributed by atoms with Crippen molar-refractivity contribution in [2.75, 3.05) is 39.3 Å². The summed E-state index contributed by atoms with van der Waals surface area (Å²) < 4.78 is 40.2.